The van der Waals surface area contributed by atoms with Crippen LogP contribution in [0.25, 0.3) is 0 Å². The third-order valence-corrected chi connectivity index (χ3v) is 2.20. The Kier molecular flexibility index (Phi) is 5.53. The highest BCUT2D eigenvalue weighted by Crippen LogP contribution is 2.30. The minimum Gasteiger partial charge on any atom is -0.0991 e. The predicted molar refractivity (Wildman–Crippen MR) is 64.8 cm³/mol. The van der Waals surface area contributed by atoms with Crippen LogP contribution in [0.15, 0.2) is 37.0 Å². The highest BCUT2D eigenvalue weighted by molar-refractivity contribution is 6.08. The van der Waals surface area contributed by atoms with Gasteiger partial charge in [0.1, 0.15) is 7.85 Å². The van der Waals surface area contributed by atoms with Gasteiger partial charge in [-0.15, -0.1) is 0 Å². The first kappa shape index (κ1) is 12.3. The molecule has 0 saturated carbocycles. The third-order valence-electron chi connectivity index (χ3n) is 2.20. The quantitative estimate of drug-likeness (QED) is 0.430. The summed E-state index contributed by atoms with van der Waals surface area (Å²) in [5, 5.41) is 0. The molecule has 1 heteroatoms. The van der Waals surface area contributed by atoms with Gasteiger partial charge in [0.25, 0.3) is 0 Å². The highest BCUT2D eigenvalue weighted by atomic mass is 14.2. The second kappa shape index (κ2) is 5.85. The van der Waals surface area contributed by atoms with Crippen LogP contribution < -0.4 is 0 Å². The lowest BCUT2D eigenvalue weighted by atomic mass is 9.78. The van der Waals surface area contributed by atoms with Crippen molar-refractivity contribution < 1.29 is 0 Å². The van der Waals surface area contributed by atoms with Gasteiger partial charge < -0.3 is 0 Å². The standard InChI is InChI=1S/C12H21B/c1-5-7-11(6-2)10-12(3,4)8-9-13/h5-7H,1-2,8-10,13H2,3-4H3/b11-7+. The zero-order valence-corrected chi connectivity index (χ0v) is 9.27. The lowest BCUT2D eigenvalue weighted by molar-refractivity contribution is 0.351. The zero-order chi connectivity index (χ0) is 10.3. The number of hydrogen-bond acceptors (Lipinski definition) is 0. The van der Waals surface area contributed by atoms with E-state index < -0.39 is 0 Å². The topological polar surface area (TPSA) is 0 Å². The van der Waals surface area contributed by atoms with Crippen LogP contribution >= 0.6 is 0 Å². The van der Waals surface area contributed by atoms with Gasteiger partial charge in [-0.2, -0.15) is 0 Å². The van der Waals surface area contributed by atoms with E-state index in [-0.39, 0.29) is 0 Å². The van der Waals surface area contributed by atoms with Crippen molar-refractivity contribution >= 4 is 7.85 Å². The van der Waals surface area contributed by atoms with E-state index in [9.17, 15) is 0 Å². The van der Waals surface area contributed by atoms with Gasteiger partial charge in [0, 0.05) is 0 Å². The minimum atomic E-state index is 0.387. The Bertz CT molecular complexity index is 199. The maximum Gasteiger partial charge on any atom is 0.101 e. The van der Waals surface area contributed by atoms with E-state index in [2.05, 4.69) is 34.9 Å². The van der Waals surface area contributed by atoms with Crippen molar-refractivity contribution in [2.24, 2.45) is 5.41 Å². The molecule has 0 aliphatic rings. The molecule has 0 radical (unpaired) electrons. The van der Waals surface area contributed by atoms with Gasteiger partial charge in [-0.05, 0) is 17.4 Å². The van der Waals surface area contributed by atoms with E-state index in [4.69, 9.17) is 0 Å². The lowest BCUT2D eigenvalue weighted by Crippen LogP contribution is -2.11. The molecule has 0 unspecified atom stereocenters. The molecule has 0 rings (SSSR count). The van der Waals surface area contributed by atoms with E-state index in [1.807, 2.05) is 18.2 Å². The first-order valence-corrected chi connectivity index (χ1v) is 4.99. The summed E-state index contributed by atoms with van der Waals surface area (Å²) < 4.78 is 0. The first-order chi connectivity index (χ1) is 6.05. The minimum absolute atomic E-state index is 0.387. The average molecular weight is 176 g/mol. The number of rotatable bonds is 6. The molecule has 0 fully saturated rings. The van der Waals surface area contributed by atoms with Crippen LogP contribution in [0.3, 0.4) is 0 Å². The normalized spacial score (nSPS) is 12.6. The van der Waals surface area contributed by atoms with E-state index in [1.54, 1.807) is 0 Å². The predicted octanol–water partition coefficient (Wildman–Crippen LogP) is 3.14. The Morgan fingerprint density at radius 1 is 1.38 bits per heavy atom. The van der Waals surface area contributed by atoms with Crippen molar-refractivity contribution in [3.63, 3.8) is 0 Å². The van der Waals surface area contributed by atoms with Gasteiger partial charge in [-0.1, -0.05) is 58.0 Å². The van der Waals surface area contributed by atoms with Crippen molar-refractivity contribution in [1.29, 1.82) is 0 Å². The largest absolute Gasteiger partial charge is 0.101 e. The number of allylic oxidation sites excluding steroid dienone is 4. The summed E-state index contributed by atoms with van der Waals surface area (Å²) in [5.74, 6) is 0. The van der Waals surface area contributed by atoms with Crippen LogP contribution in [-0.2, 0) is 0 Å². The zero-order valence-electron chi connectivity index (χ0n) is 9.27. The van der Waals surface area contributed by atoms with Crippen molar-refractivity contribution in [3.05, 3.63) is 37.0 Å². The molecule has 0 N–H and O–H groups in total. The Morgan fingerprint density at radius 2 is 2.00 bits per heavy atom. The molecule has 72 valence electrons. The summed E-state index contributed by atoms with van der Waals surface area (Å²) in [6.07, 6.45) is 9.40. The fourth-order valence-electron chi connectivity index (χ4n) is 1.67. The van der Waals surface area contributed by atoms with E-state index in [0.717, 1.165) is 6.42 Å². The summed E-state index contributed by atoms with van der Waals surface area (Å²) >= 11 is 0. The molecule has 0 saturated heterocycles. The van der Waals surface area contributed by atoms with E-state index in [1.165, 1.54) is 18.3 Å². The summed E-state index contributed by atoms with van der Waals surface area (Å²) in [5.41, 5.74) is 1.67. The lowest BCUT2D eigenvalue weighted by Gasteiger charge is -2.24. The summed E-state index contributed by atoms with van der Waals surface area (Å²) in [7, 11) is 2.23. The van der Waals surface area contributed by atoms with Crippen LogP contribution in [0.5, 0.6) is 0 Å². The molecule has 0 atom stereocenters. The van der Waals surface area contributed by atoms with Gasteiger partial charge in [-0.3, -0.25) is 0 Å². The maximum absolute atomic E-state index is 3.81. The molecule has 0 bridgehead atoms. The molecule has 0 heterocycles. The second-order valence-electron chi connectivity index (χ2n) is 4.27. The molecule has 0 aliphatic heterocycles. The molecular weight excluding hydrogens is 155 g/mol. The summed E-state index contributed by atoms with van der Waals surface area (Å²) in [4.78, 5) is 0. The van der Waals surface area contributed by atoms with E-state index >= 15 is 0 Å². The van der Waals surface area contributed by atoms with Gasteiger partial charge in [0.05, 0.1) is 0 Å². The second-order valence-corrected chi connectivity index (χ2v) is 4.27. The molecule has 0 spiro atoms. The maximum atomic E-state index is 3.81. The Labute approximate surface area is 83.8 Å². The van der Waals surface area contributed by atoms with Gasteiger partial charge in [0.2, 0.25) is 0 Å². The fraction of sp³-hybridized carbons (Fsp3) is 0.500. The molecule has 13 heavy (non-hydrogen) atoms. The average Bonchev–Trinajstić information content (AvgIpc) is 2.03. The van der Waals surface area contributed by atoms with Gasteiger partial charge >= 0.3 is 0 Å². The smallest absolute Gasteiger partial charge is 0.0991 e. The summed E-state index contributed by atoms with van der Waals surface area (Å²) in [6.45, 7) is 12.1. The summed E-state index contributed by atoms with van der Waals surface area (Å²) in [6, 6.07) is 0. The molecule has 0 aromatic rings. The van der Waals surface area contributed by atoms with Crippen LogP contribution in [0.1, 0.15) is 26.7 Å². The molecule has 0 aromatic heterocycles. The first-order valence-electron chi connectivity index (χ1n) is 4.99. The van der Waals surface area contributed by atoms with E-state index in [0.29, 0.717) is 5.41 Å². The third kappa shape index (κ3) is 5.51. The van der Waals surface area contributed by atoms with Crippen molar-refractivity contribution in [1.82, 2.24) is 0 Å². The Hall–Kier alpha value is -0.715. The monoisotopic (exact) mass is 176 g/mol. The van der Waals surface area contributed by atoms with Crippen LogP contribution in [0.2, 0.25) is 6.32 Å². The van der Waals surface area contributed by atoms with Crippen LogP contribution in [0.4, 0.5) is 0 Å². The van der Waals surface area contributed by atoms with Crippen molar-refractivity contribution in [2.75, 3.05) is 0 Å². The van der Waals surface area contributed by atoms with Crippen LogP contribution in [-0.4, -0.2) is 7.85 Å². The van der Waals surface area contributed by atoms with Crippen molar-refractivity contribution in [2.45, 2.75) is 33.0 Å². The molecule has 0 aliphatic carbocycles. The highest BCUT2D eigenvalue weighted by Gasteiger charge is 2.16. The SMILES string of the molecule is BCCC(C)(C)C/C(C=C)=C/C=C. The fourth-order valence-corrected chi connectivity index (χ4v) is 1.67. The van der Waals surface area contributed by atoms with Crippen molar-refractivity contribution in [3.8, 4) is 0 Å². The molecular formula is C12H21B. The Morgan fingerprint density at radius 3 is 2.38 bits per heavy atom. The molecule has 0 nitrogen and oxygen atoms in total. The van der Waals surface area contributed by atoms with Crippen LogP contribution in [0, 0.1) is 5.41 Å². The Balaban J connectivity index is 4.29. The molecule has 0 amide bonds. The number of hydrogen-bond donors (Lipinski definition) is 0. The van der Waals surface area contributed by atoms with Gasteiger partial charge in [0.15, 0.2) is 0 Å². The van der Waals surface area contributed by atoms with Gasteiger partial charge in [-0.25, -0.2) is 0 Å². The molecule has 0 aromatic carbocycles.